The minimum atomic E-state index is -0.719. The maximum atomic E-state index is 12.7. The summed E-state index contributed by atoms with van der Waals surface area (Å²) in [6.45, 7) is 0. The van der Waals surface area contributed by atoms with E-state index in [4.69, 9.17) is 0 Å². The van der Waals surface area contributed by atoms with Crippen LogP contribution in [0.15, 0.2) is 24.5 Å². The lowest BCUT2D eigenvalue weighted by molar-refractivity contribution is -0.124. The average molecular weight is 340 g/mol. The smallest absolute Gasteiger partial charge is 0.252 e. The summed E-state index contributed by atoms with van der Waals surface area (Å²) in [7, 11) is 0. The normalized spacial score (nSPS) is 20.1. The molecule has 0 bridgehead atoms. The number of rotatable bonds is 6. The molecule has 0 unspecified atom stereocenters. The van der Waals surface area contributed by atoms with E-state index in [0.29, 0.717) is 30.7 Å². The Labute approximate surface area is 148 Å². The summed E-state index contributed by atoms with van der Waals surface area (Å²) < 4.78 is 0. The van der Waals surface area contributed by atoms with Crippen molar-refractivity contribution in [1.29, 1.82) is 5.26 Å². The monoisotopic (exact) mass is 340 g/mol. The lowest BCUT2D eigenvalue weighted by Gasteiger charge is -2.27. The molecular weight excluding hydrogens is 316 g/mol. The van der Waals surface area contributed by atoms with Crippen molar-refractivity contribution >= 4 is 11.8 Å². The van der Waals surface area contributed by atoms with E-state index < -0.39 is 11.6 Å². The molecule has 2 aliphatic carbocycles. The number of pyridine rings is 1. The van der Waals surface area contributed by atoms with E-state index in [-0.39, 0.29) is 11.8 Å². The molecule has 1 aromatic rings. The van der Waals surface area contributed by atoms with Crippen molar-refractivity contribution in [2.24, 2.45) is 5.92 Å². The molecule has 0 aromatic carbocycles. The van der Waals surface area contributed by atoms with Crippen molar-refractivity contribution in [1.82, 2.24) is 15.6 Å². The number of hydrogen-bond donors (Lipinski definition) is 2. The Morgan fingerprint density at radius 2 is 1.92 bits per heavy atom. The van der Waals surface area contributed by atoms with Gasteiger partial charge >= 0.3 is 0 Å². The van der Waals surface area contributed by atoms with Gasteiger partial charge in [0.25, 0.3) is 5.91 Å². The highest BCUT2D eigenvalue weighted by molar-refractivity contribution is 5.97. The SMILES string of the molecule is N#CC1(NC(=O)[C@H](CC2CCCCC2)NC(=O)c2ccncc2)CC1. The summed E-state index contributed by atoms with van der Waals surface area (Å²) in [6, 6.07) is 4.83. The maximum Gasteiger partial charge on any atom is 0.252 e. The average Bonchev–Trinajstić information content (AvgIpc) is 3.42. The number of nitrogens with zero attached hydrogens (tertiary/aromatic N) is 2. The molecule has 6 heteroatoms. The second kappa shape index (κ2) is 7.64. The van der Waals surface area contributed by atoms with Crippen LogP contribution in [-0.2, 0) is 4.79 Å². The molecule has 2 saturated carbocycles. The summed E-state index contributed by atoms with van der Waals surface area (Å²) in [5, 5.41) is 14.9. The second-order valence-electron chi connectivity index (χ2n) is 7.18. The predicted octanol–water partition coefficient (Wildman–Crippen LogP) is 2.32. The van der Waals surface area contributed by atoms with Crippen LogP contribution in [0.5, 0.6) is 0 Å². The third kappa shape index (κ3) is 4.56. The van der Waals surface area contributed by atoms with Crippen LogP contribution in [0.3, 0.4) is 0 Å². The number of carbonyl (C=O) groups excluding carboxylic acids is 2. The highest BCUT2D eigenvalue weighted by Gasteiger charge is 2.45. The highest BCUT2D eigenvalue weighted by Crippen LogP contribution is 2.35. The molecular formula is C19H24N4O2. The zero-order chi connectivity index (χ0) is 17.7. The van der Waals surface area contributed by atoms with Gasteiger partial charge in [-0.25, -0.2) is 0 Å². The van der Waals surface area contributed by atoms with Gasteiger partial charge in [0, 0.05) is 18.0 Å². The first-order valence-corrected chi connectivity index (χ1v) is 9.06. The second-order valence-corrected chi connectivity index (χ2v) is 7.18. The quantitative estimate of drug-likeness (QED) is 0.831. The van der Waals surface area contributed by atoms with E-state index in [0.717, 1.165) is 12.8 Å². The van der Waals surface area contributed by atoms with Gasteiger partial charge in [0.15, 0.2) is 0 Å². The molecule has 2 aliphatic rings. The number of aromatic nitrogens is 1. The van der Waals surface area contributed by atoms with Crippen LogP contribution in [0.2, 0.25) is 0 Å². The highest BCUT2D eigenvalue weighted by atomic mass is 16.2. The summed E-state index contributed by atoms with van der Waals surface area (Å²) in [6.07, 6.45) is 10.9. The van der Waals surface area contributed by atoms with Crippen molar-refractivity contribution in [3.8, 4) is 6.07 Å². The molecule has 2 fully saturated rings. The van der Waals surface area contributed by atoms with Crippen LogP contribution in [0.1, 0.15) is 61.7 Å². The van der Waals surface area contributed by atoms with Crippen molar-refractivity contribution in [2.45, 2.75) is 62.9 Å². The Morgan fingerprint density at radius 3 is 2.52 bits per heavy atom. The van der Waals surface area contributed by atoms with Crippen LogP contribution in [-0.4, -0.2) is 28.4 Å². The predicted molar refractivity (Wildman–Crippen MR) is 92.4 cm³/mol. The van der Waals surface area contributed by atoms with Gasteiger partial charge in [-0.3, -0.25) is 14.6 Å². The first-order chi connectivity index (χ1) is 12.1. The maximum absolute atomic E-state index is 12.7. The third-order valence-electron chi connectivity index (χ3n) is 5.18. The van der Waals surface area contributed by atoms with Crippen LogP contribution in [0, 0.1) is 17.2 Å². The summed E-state index contributed by atoms with van der Waals surface area (Å²) >= 11 is 0. The summed E-state index contributed by atoms with van der Waals surface area (Å²) in [5.41, 5.74) is -0.235. The first-order valence-electron chi connectivity index (χ1n) is 9.06. The van der Waals surface area contributed by atoms with E-state index in [1.54, 1.807) is 24.5 Å². The van der Waals surface area contributed by atoms with E-state index in [1.165, 1.54) is 19.3 Å². The van der Waals surface area contributed by atoms with Crippen molar-refractivity contribution in [3.05, 3.63) is 30.1 Å². The third-order valence-corrected chi connectivity index (χ3v) is 5.18. The van der Waals surface area contributed by atoms with E-state index in [9.17, 15) is 14.9 Å². The molecule has 3 rings (SSSR count). The van der Waals surface area contributed by atoms with Crippen LogP contribution >= 0.6 is 0 Å². The Kier molecular flexibility index (Phi) is 5.32. The Balaban J connectivity index is 1.68. The molecule has 1 heterocycles. The van der Waals surface area contributed by atoms with Gasteiger partial charge in [0.05, 0.1) is 6.07 Å². The number of hydrogen-bond acceptors (Lipinski definition) is 4. The van der Waals surface area contributed by atoms with Gasteiger partial charge in [-0.15, -0.1) is 0 Å². The van der Waals surface area contributed by atoms with Gasteiger partial charge in [-0.1, -0.05) is 32.1 Å². The minimum Gasteiger partial charge on any atom is -0.340 e. The minimum absolute atomic E-state index is 0.243. The fraction of sp³-hybridized carbons (Fsp3) is 0.579. The van der Waals surface area contributed by atoms with E-state index in [1.807, 2.05) is 0 Å². The molecule has 2 amide bonds. The molecule has 132 valence electrons. The van der Waals surface area contributed by atoms with Crippen LogP contribution < -0.4 is 10.6 Å². The summed E-state index contributed by atoms with van der Waals surface area (Å²) in [5.74, 6) is -0.0772. The molecule has 25 heavy (non-hydrogen) atoms. The van der Waals surface area contributed by atoms with Gasteiger partial charge in [-0.05, 0) is 37.3 Å². The van der Waals surface area contributed by atoms with Crippen molar-refractivity contribution < 1.29 is 9.59 Å². The molecule has 1 atom stereocenters. The number of nitrogens with one attached hydrogen (secondary N) is 2. The molecule has 0 spiro atoms. The molecule has 0 aliphatic heterocycles. The Hall–Kier alpha value is -2.42. The Morgan fingerprint density at radius 1 is 1.24 bits per heavy atom. The fourth-order valence-corrected chi connectivity index (χ4v) is 3.45. The van der Waals surface area contributed by atoms with Crippen molar-refractivity contribution in [3.63, 3.8) is 0 Å². The van der Waals surface area contributed by atoms with E-state index in [2.05, 4.69) is 21.7 Å². The molecule has 0 radical (unpaired) electrons. The Bertz CT molecular complexity index is 658. The lowest BCUT2D eigenvalue weighted by Crippen LogP contribution is -2.51. The van der Waals surface area contributed by atoms with Gasteiger partial charge in [0.2, 0.25) is 5.91 Å². The topological polar surface area (TPSA) is 94.9 Å². The molecule has 6 nitrogen and oxygen atoms in total. The van der Waals surface area contributed by atoms with Gasteiger partial charge < -0.3 is 10.6 Å². The fourth-order valence-electron chi connectivity index (χ4n) is 3.45. The first kappa shape index (κ1) is 17.4. The number of amides is 2. The van der Waals surface area contributed by atoms with Gasteiger partial charge in [-0.2, -0.15) is 5.26 Å². The molecule has 0 saturated heterocycles. The molecule has 2 N–H and O–H groups in total. The molecule has 1 aromatic heterocycles. The van der Waals surface area contributed by atoms with Crippen LogP contribution in [0.4, 0.5) is 0 Å². The van der Waals surface area contributed by atoms with Crippen LogP contribution in [0.25, 0.3) is 0 Å². The lowest BCUT2D eigenvalue weighted by atomic mass is 9.84. The zero-order valence-electron chi connectivity index (χ0n) is 14.3. The largest absolute Gasteiger partial charge is 0.340 e. The standard InChI is InChI=1S/C19H24N4O2/c20-13-19(8-9-19)23-18(25)16(12-14-4-2-1-3-5-14)22-17(24)15-6-10-21-11-7-15/h6-7,10-11,14,16H,1-5,8-9,12H2,(H,22,24)(H,23,25)/t16-/m0/s1. The van der Waals surface area contributed by atoms with Crippen molar-refractivity contribution in [2.75, 3.05) is 0 Å². The number of carbonyl (C=O) groups is 2. The van der Waals surface area contributed by atoms with Gasteiger partial charge in [0.1, 0.15) is 11.6 Å². The number of nitriles is 1. The summed E-state index contributed by atoms with van der Waals surface area (Å²) in [4.78, 5) is 29.1. The zero-order valence-corrected chi connectivity index (χ0v) is 14.3. The van der Waals surface area contributed by atoms with E-state index >= 15 is 0 Å².